The highest BCUT2D eigenvalue weighted by molar-refractivity contribution is 5.99. The monoisotopic (exact) mass is 292 g/mol. The van der Waals surface area contributed by atoms with E-state index in [1.54, 1.807) is 31.2 Å². The molecule has 0 amide bonds. The van der Waals surface area contributed by atoms with Crippen molar-refractivity contribution in [1.82, 2.24) is 4.98 Å². The van der Waals surface area contributed by atoms with Crippen LogP contribution in [0.15, 0.2) is 59.7 Å². The topological polar surface area (TPSA) is 54.4 Å². The number of nitrogens with zero attached hydrogens (tertiary/aromatic N) is 1. The molecule has 1 aromatic heterocycles. The van der Waals surface area contributed by atoms with Crippen molar-refractivity contribution in [3.8, 4) is 0 Å². The summed E-state index contributed by atoms with van der Waals surface area (Å²) in [6.45, 7) is 2.16. The fourth-order valence-corrected chi connectivity index (χ4v) is 2.24. The van der Waals surface area contributed by atoms with Gasteiger partial charge in [0, 0.05) is 28.9 Å². The molecule has 4 nitrogen and oxygen atoms in total. The summed E-state index contributed by atoms with van der Waals surface area (Å²) in [4.78, 5) is 19.2. The van der Waals surface area contributed by atoms with Crippen LogP contribution in [0.2, 0.25) is 0 Å². The summed E-state index contributed by atoms with van der Waals surface area (Å²) >= 11 is 0. The number of hydrogen-bond acceptors (Lipinski definition) is 3. The number of carbonyl (C=O) groups is 1. The summed E-state index contributed by atoms with van der Waals surface area (Å²) in [7, 11) is 0. The lowest BCUT2D eigenvalue weighted by atomic mass is 10.2. The zero-order valence-corrected chi connectivity index (χ0v) is 12.2. The molecule has 1 N–H and O–H groups in total. The van der Waals surface area contributed by atoms with E-state index in [1.807, 2.05) is 30.6 Å². The Morgan fingerprint density at radius 1 is 1.18 bits per heavy atom. The van der Waals surface area contributed by atoms with E-state index in [9.17, 15) is 4.79 Å². The first kappa shape index (κ1) is 14.1. The molecular formula is C18H16N2O2. The van der Waals surface area contributed by atoms with Crippen molar-refractivity contribution in [2.45, 2.75) is 6.92 Å². The lowest BCUT2D eigenvalue weighted by Gasteiger charge is -2.01. The van der Waals surface area contributed by atoms with Gasteiger partial charge in [-0.2, -0.15) is 0 Å². The van der Waals surface area contributed by atoms with Crippen LogP contribution in [0.1, 0.15) is 22.8 Å². The summed E-state index contributed by atoms with van der Waals surface area (Å²) in [6.07, 6.45) is 3.75. The highest BCUT2D eigenvalue weighted by Crippen LogP contribution is 2.18. The normalized spacial score (nSPS) is 11.1. The van der Waals surface area contributed by atoms with E-state index in [2.05, 4.69) is 16.0 Å². The second kappa shape index (κ2) is 6.26. The molecule has 110 valence electrons. The number of rotatable bonds is 4. The average molecular weight is 292 g/mol. The van der Waals surface area contributed by atoms with Crippen molar-refractivity contribution in [3.63, 3.8) is 0 Å². The third-order valence-electron chi connectivity index (χ3n) is 3.35. The van der Waals surface area contributed by atoms with Gasteiger partial charge in [0.05, 0.1) is 17.9 Å². The molecule has 3 aromatic rings. The third kappa shape index (κ3) is 2.91. The molecule has 0 saturated heterocycles. The molecule has 0 fully saturated rings. The zero-order chi connectivity index (χ0) is 15.4. The van der Waals surface area contributed by atoms with Crippen molar-refractivity contribution >= 4 is 28.8 Å². The fraction of sp³-hybridized carbons (Fsp3) is 0.111. The summed E-state index contributed by atoms with van der Waals surface area (Å²) < 4.78 is 4.95. The Labute approximate surface area is 128 Å². The number of benzene rings is 2. The first-order valence-corrected chi connectivity index (χ1v) is 7.15. The lowest BCUT2D eigenvalue weighted by Crippen LogP contribution is -2.03. The number of fused-ring (bicyclic) bond motifs is 1. The van der Waals surface area contributed by atoms with Crippen molar-refractivity contribution in [1.29, 1.82) is 0 Å². The second-order valence-corrected chi connectivity index (χ2v) is 4.82. The molecule has 0 atom stereocenters. The average Bonchev–Trinajstić information content (AvgIpc) is 2.97. The Hall–Kier alpha value is -2.88. The predicted octanol–water partition coefficient (Wildman–Crippen LogP) is 4.10. The number of aromatic amines is 1. The van der Waals surface area contributed by atoms with Gasteiger partial charge in [0.15, 0.2) is 0 Å². The van der Waals surface area contributed by atoms with Crippen LogP contribution < -0.4 is 0 Å². The number of ether oxygens (including phenoxy) is 1. The molecule has 3 rings (SSSR count). The zero-order valence-electron chi connectivity index (χ0n) is 12.2. The van der Waals surface area contributed by atoms with Crippen LogP contribution in [0.4, 0.5) is 5.69 Å². The number of para-hydroxylation sites is 1. The minimum atomic E-state index is -0.311. The quantitative estimate of drug-likeness (QED) is 0.581. The first-order valence-electron chi connectivity index (χ1n) is 7.15. The van der Waals surface area contributed by atoms with Crippen LogP contribution in [-0.4, -0.2) is 23.8 Å². The van der Waals surface area contributed by atoms with E-state index >= 15 is 0 Å². The van der Waals surface area contributed by atoms with Crippen molar-refractivity contribution < 1.29 is 9.53 Å². The van der Waals surface area contributed by atoms with E-state index in [1.165, 1.54) is 0 Å². The number of carbonyl (C=O) groups excluding carboxylic acids is 1. The van der Waals surface area contributed by atoms with Gasteiger partial charge < -0.3 is 9.72 Å². The Morgan fingerprint density at radius 2 is 1.95 bits per heavy atom. The van der Waals surface area contributed by atoms with Crippen LogP contribution in [0.25, 0.3) is 10.9 Å². The molecule has 0 unspecified atom stereocenters. The van der Waals surface area contributed by atoms with Crippen molar-refractivity contribution in [2.24, 2.45) is 4.99 Å². The Morgan fingerprint density at radius 3 is 2.73 bits per heavy atom. The molecule has 0 aliphatic carbocycles. The summed E-state index contributed by atoms with van der Waals surface area (Å²) in [5.74, 6) is -0.311. The maximum Gasteiger partial charge on any atom is 0.338 e. The van der Waals surface area contributed by atoms with Gasteiger partial charge in [-0.1, -0.05) is 18.2 Å². The minimum absolute atomic E-state index is 0.311. The molecule has 0 radical (unpaired) electrons. The number of hydrogen-bond donors (Lipinski definition) is 1. The molecule has 1 heterocycles. The second-order valence-electron chi connectivity index (χ2n) is 4.82. The van der Waals surface area contributed by atoms with Gasteiger partial charge in [0.1, 0.15) is 0 Å². The Balaban J connectivity index is 1.79. The van der Waals surface area contributed by atoms with Crippen LogP contribution in [-0.2, 0) is 4.74 Å². The molecular weight excluding hydrogens is 276 g/mol. The van der Waals surface area contributed by atoms with Crippen LogP contribution in [0.5, 0.6) is 0 Å². The van der Waals surface area contributed by atoms with E-state index in [-0.39, 0.29) is 5.97 Å². The predicted molar refractivity (Wildman–Crippen MR) is 88.0 cm³/mol. The minimum Gasteiger partial charge on any atom is -0.462 e. The molecule has 0 saturated carbocycles. The molecule has 4 heteroatoms. The van der Waals surface area contributed by atoms with Gasteiger partial charge in [-0.3, -0.25) is 4.99 Å². The summed E-state index contributed by atoms with van der Waals surface area (Å²) in [5.41, 5.74) is 3.44. The summed E-state index contributed by atoms with van der Waals surface area (Å²) in [6, 6.07) is 15.1. The molecule has 0 aliphatic heterocycles. The van der Waals surface area contributed by atoms with E-state index in [0.29, 0.717) is 12.2 Å². The highest BCUT2D eigenvalue weighted by atomic mass is 16.5. The number of H-pyrrole nitrogens is 1. The molecule has 22 heavy (non-hydrogen) atoms. The smallest absolute Gasteiger partial charge is 0.338 e. The molecule has 0 bridgehead atoms. The lowest BCUT2D eigenvalue weighted by molar-refractivity contribution is 0.0526. The fourth-order valence-electron chi connectivity index (χ4n) is 2.24. The summed E-state index contributed by atoms with van der Waals surface area (Å²) in [5, 5.41) is 1.13. The van der Waals surface area contributed by atoms with E-state index < -0.39 is 0 Å². The van der Waals surface area contributed by atoms with Gasteiger partial charge in [0.2, 0.25) is 0 Å². The van der Waals surface area contributed by atoms with Crippen LogP contribution in [0, 0.1) is 0 Å². The maximum atomic E-state index is 11.6. The number of aliphatic imine (C=N–C) groups is 1. The van der Waals surface area contributed by atoms with Crippen LogP contribution >= 0.6 is 0 Å². The first-order chi connectivity index (χ1) is 10.8. The number of aromatic nitrogens is 1. The van der Waals surface area contributed by atoms with E-state index in [4.69, 9.17) is 4.74 Å². The Kier molecular flexibility index (Phi) is 4.01. The van der Waals surface area contributed by atoms with Gasteiger partial charge in [-0.25, -0.2) is 4.79 Å². The maximum absolute atomic E-state index is 11.6. The molecule has 2 aromatic carbocycles. The van der Waals surface area contributed by atoms with Gasteiger partial charge in [0.25, 0.3) is 0 Å². The number of esters is 1. The highest BCUT2D eigenvalue weighted by Gasteiger charge is 2.05. The largest absolute Gasteiger partial charge is 0.462 e. The van der Waals surface area contributed by atoms with Crippen molar-refractivity contribution in [2.75, 3.05) is 6.61 Å². The Bertz CT molecular complexity index is 816. The van der Waals surface area contributed by atoms with Gasteiger partial charge in [-0.15, -0.1) is 0 Å². The van der Waals surface area contributed by atoms with Crippen LogP contribution in [0.3, 0.4) is 0 Å². The van der Waals surface area contributed by atoms with Gasteiger partial charge in [-0.05, 0) is 37.3 Å². The molecule has 0 spiro atoms. The van der Waals surface area contributed by atoms with Crippen molar-refractivity contribution in [3.05, 3.63) is 65.9 Å². The number of nitrogens with one attached hydrogen (secondary N) is 1. The third-order valence-corrected chi connectivity index (χ3v) is 3.35. The SMILES string of the molecule is CCOC(=O)c1ccc(N=Cc2c[nH]c3ccccc23)cc1. The molecule has 0 aliphatic rings. The standard InChI is InChI=1S/C18H16N2O2/c1-2-22-18(21)13-7-9-15(10-8-13)19-11-14-12-20-17-6-4-3-5-16(14)17/h3-12,20H,2H2,1H3. The van der Waals surface area contributed by atoms with E-state index in [0.717, 1.165) is 22.2 Å². The van der Waals surface area contributed by atoms with Gasteiger partial charge >= 0.3 is 5.97 Å².